The first-order chi connectivity index (χ1) is 15.4. The number of aliphatic hydroxyl groups excluding tert-OH is 1. The molecule has 170 valence electrons. The zero-order chi connectivity index (χ0) is 22.8. The van der Waals surface area contributed by atoms with Gasteiger partial charge in [-0.3, -0.25) is 4.79 Å². The number of fused-ring (bicyclic) bond motifs is 1. The van der Waals surface area contributed by atoms with Gasteiger partial charge in [0, 0.05) is 18.7 Å². The molecule has 2 aromatic rings. The Kier molecular flexibility index (Phi) is 6.51. The number of esters is 1. The summed E-state index contributed by atoms with van der Waals surface area (Å²) in [6.45, 7) is 5.60. The maximum atomic E-state index is 13.1. The Balaban J connectivity index is 1.40. The zero-order valence-electron chi connectivity index (χ0n) is 18.9. The summed E-state index contributed by atoms with van der Waals surface area (Å²) in [6.07, 6.45) is 0.390. The Hall–Kier alpha value is -2.86. The van der Waals surface area contributed by atoms with Crippen molar-refractivity contribution in [1.82, 2.24) is 4.90 Å². The number of ether oxygens (including phenoxy) is 2. The molecule has 0 radical (unpaired) electrons. The minimum atomic E-state index is -0.587. The number of amides is 1. The number of benzene rings is 2. The molecule has 4 rings (SSSR count). The minimum Gasteiger partial charge on any atom is -0.488 e. The number of rotatable bonds is 5. The summed E-state index contributed by atoms with van der Waals surface area (Å²) in [5.74, 6) is 1.23. The summed E-state index contributed by atoms with van der Waals surface area (Å²) in [5, 5.41) is 10.7. The van der Waals surface area contributed by atoms with E-state index in [4.69, 9.17) is 9.47 Å². The van der Waals surface area contributed by atoms with E-state index in [-0.39, 0.29) is 17.9 Å². The van der Waals surface area contributed by atoms with Crippen LogP contribution >= 0.6 is 0 Å². The van der Waals surface area contributed by atoms with Gasteiger partial charge in [-0.05, 0) is 72.6 Å². The molecule has 0 aromatic heterocycles. The van der Waals surface area contributed by atoms with Gasteiger partial charge >= 0.3 is 5.97 Å². The average Bonchev–Trinajstić information content (AvgIpc) is 3.21. The molecule has 6 heteroatoms. The Bertz CT molecular complexity index is 970. The molecule has 1 aliphatic heterocycles. The third-order valence-corrected chi connectivity index (χ3v) is 6.74. The average molecular weight is 438 g/mol. The summed E-state index contributed by atoms with van der Waals surface area (Å²) in [4.78, 5) is 26.6. The number of nitrogens with zero attached hydrogens (tertiary/aromatic N) is 1. The van der Waals surface area contributed by atoms with Crippen LogP contribution < -0.4 is 4.74 Å². The molecule has 32 heavy (non-hydrogen) atoms. The molecule has 2 aliphatic rings. The number of hydrogen-bond donors (Lipinski definition) is 1. The van der Waals surface area contributed by atoms with E-state index in [0.717, 1.165) is 11.1 Å². The van der Waals surface area contributed by atoms with E-state index < -0.39 is 12.1 Å². The van der Waals surface area contributed by atoms with Crippen molar-refractivity contribution in [2.45, 2.75) is 44.8 Å². The lowest BCUT2D eigenvalue weighted by Gasteiger charge is -2.35. The van der Waals surface area contributed by atoms with Gasteiger partial charge in [-0.2, -0.15) is 0 Å². The first kappa shape index (κ1) is 22.3. The van der Waals surface area contributed by atoms with Crippen molar-refractivity contribution in [3.8, 4) is 5.75 Å². The number of likely N-dealkylation sites (tertiary alicyclic amines) is 1. The first-order valence-electron chi connectivity index (χ1n) is 11.3. The molecule has 1 aliphatic carbocycles. The van der Waals surface area contributed by atoms with Crippen LogP contribution in [-0.4, -0.2) is 54.3 Å². The fourth-order valence-corrected chi connectivity index (χ4v) is 4.86. The van der Waals surface area contributed by atoms with Crippen LogP contribution in [0.4, 0.5) is 0 Å². The molecule has 1 heterocycles. The van der Waals surface area contributed by atoms with Crippen molar-refractivity contribution in [3.63, 3.8) is 0 Å². The van der Waals surface area contributed by atoms with Crippen LogP contribution in [0.5, 0.6) is 5.75 Å². The molecule has 1 saturated carbocycles. The maximum Gasteiger partial charge on any atom is 0.337 e. The van der Waals surface area contributed by atoms with Crippen molar-refractivity contribution in [2.75, 3.05) is 20.2 Å². The van der Waals surface area contributed by atoms with Crippen molar-refractivity contribution in [1.29, 1.82) is 0 Å². The molecule has 0 spiro atoms. The summed E-state index contributed by atoms with van der Waals surface area (Å²) in [7, 11) is 1.35. The molecule has 2 fully saturated rings. The van der Waals surface area contributed by atoms with Crippen molar-refractivity contribution in [2.24, 2.45) is 11.8 Å². The summed E-state index contributed by atoms with van der Waals surface area (Å²) >= 11 is 0. The lowest BCUT2D eigenvalue weighted by atomic mass is 9.78. The highest BCUT2D eigenvalue weighted by atomic mass is 16.5. The highest BCUT2D eigenvalue weighted by Crippen LogP contribution is 2.38. The number of hydrogen-bond acceptors (Lipinski definition) is 5. The number of aliphatic hydroxyl groups is 1. The van der Waals surface area contributed by atoms with Gasteiger partial charge in [0.05, 0.1) is 18.8 Å². The molecular weight excluding hydrogens is 406 g/mol. The van der Waals surface area contributed by atoms with Crippen molar-refractivity contribution < 1.29 is 24.2 Å². The number of carbonyl (C=O) groups excluding carboxylic acids is 2. The third kappa shape index (κ3) is 4.65. The Morgan fingerprint density at radius 3 is 2.34 bits per heavy atom. The van der Waals surface area contributed by atoms with Gasteiger partial charge in [0.15, 0.2) is 0 Å². The van der Waals surface area contributed by atoms with Gasteiger partial charge in [-0.1, -0.05) is 26.0 Å². The van der Waals surface area contributed by atoms with Gasteiger partial charge < -0.3 is 19.5 Å². The van der Waals surface area contributed by atoms with Gasteiger partial charge in [-0.15, -0.1) is 0 Å². The second-order valence-corrected chi connectivity index (χ2v) is 9.22. The molecule has 1 saturated heterocycles. The molecule has 1 amide bonds. The quantitative estimate of drug-likeness (QED) is 0.719. The first-order valence-corrected chi connectivity index (χ1v) is 11.3. The summed E-state index contributed by atoms with van der Waals surface area (Å²) in [6, 6.07) is 14.6. The largest absolute Gasteiger partial charge is 0.488 e. The lowest BCUT2D eigenvalue weighted by Crippen LogP contribution is -2.42. The van der Waals surface area contributed by atoms with Gasteiger partial charge in [-0.25, -0.2) is 4.79 Å². The predicted octanol–water partition coefficient (Wildman–Crippen LogP) is 3.89. The van der Waals surface area contributed by atoms with E-state index in [1.807, 2.05) is 23.1 Å². The summed E-state index contributed by atoms with van der Waals surface area (Å²) in [5.41, 5.74) is 2.35. The molecule has 2 aromatic carbocycles. The fraction of sp³-hybridized carbons (Fsp3) is 0.462. The SMILES string of the molecule is COC(=O)c1ccc(O[C@H]2C[C@@H]3CN(C(=O)c4cccc(C(C)C)c4)C[C@@H]3C[C@@H]2O)cc1. The van der Waals surface area contributed by atoms with Crippen LogP contribution in [-0.2, 0) is 4.74 Å². The fourth-order valence-electron chi connectivity index (χ4n) is 4.86. The predicted molar refractivity (Wildman–Crippen MR) is 121 cm³/mol. The molecule has 0 unspecified atom stereocenters. The highest BCUT2D eigenvalue weighted by molar-refractivity contribution is 5.94. The van der Waals surface area contributed by atoms with E-state index in [1.54, 1.807) is 24.3 Å². The zero-order valence-corrected chi connectivity index (χ0v) is 18.9. The van der Waals surface area contributed by atoms with Crippen LogP contribution in [0.1, 0.15) is 58.9 Å². The topological polar surface area (TPSA) is 76.1 Å². The van der Waals surface area contributed by atoms with Gasteiger partial charge in [0.2, 0.25) is 0 Å². The van der Waals surface area contributed by atoms with E-state index in [9.17, 15) is 14.7 Å². The molecule has 0 bridgehead atoms. The molecule has 1 N–H and O–H groups in total. The van der Waals surface area contributed by atoms with Crippen LogP contribution in [0.15, 0.2) is 48.5 Å². The molecule has 6 nitrogen and oxygen atoms in total. The normalized spacial score (nSPS) is 24.8. The standard InChI is InChI=1S/C26H31NO5/c1-16(2)18-5-4-6-19(11-18)25(29)27-14-20-12-23(28)24(13-21(20)15-27)32-22-9-7-17(8-10-22)26(30)31-3/h4-11,16,20-21,23-24,28H,12-15H2,1-3H3/t20-,21+,23-,24-/m0/s1. The second kappa shape index (κ2) is 9.33. The van der Waals surface area contributed by atoms with E-state index in [0.29, 0.717) is 49.1 Å². The Morgan fingerprint density at radius 1 is 1.00 bits per heavy atom. The van der Waals surface area contributed by atoms with Crippen LogP contribution in [0.25, 0.3) is 0 Å². The van der Waals surface area contributed by atoms with E-state index in [1.165, 1.54) is 7.11 Å². The lowest BCUT2D eigenvalue weighted by molar-refractivity contribution is -0.0231. The smallest absolute Gasteiger partial charge is 0.337 e. The second-order valence-electron chi connectivity index (χ2n) is 9.22. The Morgan fingerprint density at radius 2 is 1.69 bits per heavy atom. The monoisotopic (exact) mass is 437 g/mol. The van der Waals surface area contributed by atoms with Gasteiger partial charge in [0.1, 0.15) is 11.9 Å². The van der Waals surface area contributed by atoms with E-state index >= 15 is 0 Å². The van der Waals surface area contributed by atoms with Crippen LogP contribution in [0, 0.1) is 11.8 Å². The van der Waals surface area contributed by atoms with Crippen molar-refractivity contribution in [3.05, 3.63) is 65.2 Å². The highest BCUT2D eigenvalue weighted by Gasteiger charge is 2.44. The van der Waals surface area contributed by atoms with Crippen LogP contribution in [0.3, 0.4) is 0 Å². The van der Waals surface area contributed by atoms with Crippen LogP contribution in [0.2, 0.25) is 0 Å². The third-order valence-electron chi connectivity index (χ3n) is 6.74. The number of methoxy groups -OCH3 is 1. The maximum absolute atomic E-state index is 13.1. The summed E-state index contributed by atoms with van der Waals surface area (Å²) < 4.78 is 10.8. The molecule has 4 atom stereocenters. The van der Waals surface area contributed by atoms with Crippen molar-refractivity contribution >= 4 is 11.9 Å². The minimum absolute atomic E-state index is 0.0623. The van der Waals surface area contributed by atoms with E-state index in [2.05, 4.69) is 19.9 Å². The number of carbonyl (C=O) groups is 2. The van der Waals surface area contributed by atoms with Gasteiger partial charge in [0.25, 0.3) is 5.91 Å². The molecular formula is C26H31NO5. The Labute approximate surface area is 189 Å².